The number of imidazole rings is 1. The highest BCUT2D eigenvalue weighted by Crippen LogP contribution is 2.34. The molecule has 1 fully saturated rings. The van der Waals surface area contributed by atoms with Crippen LogP contribution in [0.2, 0.25) is 0 Å². The summed E-state index contributed by atoms with van der Waals surface area (Å²) in [4.78, 5) is 6.68. The summed E-state index contributed by atoms with van der Waals surface area (Å²) in [7, 11) is 2.04. The summed E-state index contributed by atoms with van der Waals surface area (Å²) in [6.07, 6.45) is 7.07. The van der Waals surface area contributed by atoms with Crippen LogP contribution < -0.4 is 4.90 Å². The van der Waals surface area contributed by atoms with Gasteiger partial charge in [0.2, 0.25) is 5.13 Å². The number of hydrogen-bond donors (Lipinski definition) is 0. The van der Waals surface area contributed by atoms with Crippen LogP contribution in [0.5, 0.6) is 0 Å². The van der Waals surface area contributed by atoms with Crippen LogP contribution in [0, 0.1) is 11.7 Å². The highest BCUT2D eigenvalue weighted by Gasteiger charge is 2.23. The molecule has 0 aliphatic carbocycles. The van der Waals surface area contributed by atoms with Gasteiger partial charge in [-0.05, 0) is 37.0 Å². The average Bonchev–Trinajstić information content (AvgIpc) is 3.28. The largest absolute Gasteiger partial charge is 0.347 e. The number of aromatic nitrogens is 4. The van der Waals surface area contributed by atoms with E-state index in [2.05, 4.69) is 40.6 Å². The Morgan fingerprint density at radius 1 is 1.27 bits per heavy atom. The molecule has 136 valence electrons. The van der Waals surface area contributed by atoms with Gasteiger partial charge in [-0.2, -0.15) is 0 Å². The summed E-state index contributed by atoms with van der Waals surface area (Å²) >= 11 is 4.84. The molecule has 0 atom stereocenters. The van der Waals surface area contributed by atoms with Crippen LogP contribution in [-0.2, 0) is 13.5 Å². The molecule has 4 rings (SSSR count). The molecule has 0 unspecified atom stereocenters. The lowest BCUT2D eigenvalue weighted by atomic mass is 9.93. The number of rotatable bonds is 4. The lowest BCUT2D eigenvalue weighted by molar-refractivity contribution is 0.393. The van der Waals surface area contributed by atoms with Gasteiger partial charge < -0.3 is 9.47 Å². The molecule has 26 heavy (non-hydrogen) atoms. The monoisotopic (exact) mass is 435 g/mol. The number of benzene rings is 1. The molecule has 1 aromatic carbocycles. The van der Waals surface area contributed by atoms with Crippen molar-refractivity contribution in [2.24, 2.45) is 13.0 Å². The maximum atomic E-state index is 14.1. The number of aryl methyl sites for hydroxylation is 1. The first-order chi connectivity index (χ1) is 12.6. The van der Waals surface area contributed by atoms with E-state index in [0.29, 0.717) is 16.5 Å². The van der Waals surface area contributed by atoms with Gasteiger partial charge in [0.05, 0.1) is 0 Å². The minimum atomic E-state index is -0.273. The smallest absolute Gasteiger partial charge is 0.208 e. The van der Waals surface area contributed by atoms with Gasteiger partial charge >= 0.3 is 0 Å². The van der Waals surface area contributed by atoms with Crippen LogP contribution in [0.4, 0.5) is 9.52 Å². The molecule has 0 amide bonds. The van der Waals surface area contributed by atoms with Crippen molar-refractivity contribution in [2.75, 3.05) is 18.0 Å². The molecule has 1 aliphatic rings. The molecule has 3 aromatic rings. The van der Waals surface area contributed by atoms with E-state index >= 15 is 0 Å². The quantitative estimate of drug-likeness (QED) is 0.612. The highest BCUT2D eigenvalue weighted by atomic mass is 79.9. The van der Waals surface area contributed by atoms with Crippen molar-refractivity contribution in [3.05, 3.63) is 46.7 Å². The summed E-state index contributed by atoms with van der Waals surface area (Å²) in [5.41, 5.74) is 0.493. The van der Waals surface area contributed by atoms with Crippen molar-refractivity contribution < 1.29 is 4.39 Å². The summed E-state index contributed by atoms with van der Waals surface area (Å²) in [5, 5.41) is 10.00. The summed E-state index contributed by atoms with van der Waals surface area (Å²) in [6.45, 7) is 1.90. The number of anilines is 1. The Labute approximate surface area is 164 Å². The zero-order chi connectivity index (χ0) is 18.1. The van der Waals surface area contributed by atoms with Gasteiger partial charge in [-0.15, -0.1) is 10.2 Å². The molecule has 2 aromatic heterocycles. The first-order valence-electron chi connectivity index (χ1n) is 8.60. The van der Waals surface area contributed by atoms with E-state index in [-0.39, 0.29) is 5.82 Å². The minimum absolute atomic E-state index is 0.273. The number of hydrogen-bond acceptors (Lipinski definition) is 5. The molecule has 0 spiro atoms. The Bertz CT molecular complexity index is 901. The first kappa shape index (κ1) is 17.6. The molecular formula is C18H19BrFN5S. The van der Waals surface area contributed by atoms with Crippen molar-refractivity contribution in [3.63, 3.8) is 0 Å². The SMILES string of the molecule is Cn1ccnc1CC1CCN(c2nnc(-c3cc(Br)ccc3F)s2)CC1. The molecule has 0 saturated carbocycles. The molecule has 0 bridgehead atoms. The van der Waals surface area contributed by atoms with Crippen molar-refractivity contribution >= 4 is 32.4 Å². The van der Waals surface area contributed by atoms with Crippen molar-refractivity contribution in [3.8, 4) is 10.6 Å². The van der Waals surface area contributed by atoms with Crippen LogP contribution in [0.1, 0.15) is 18.7 Å². The van der Waals surface area contributed by atoms with E-state index in [1.807, 2.05) is 19.4 Å². The van der Waals surface area contributed by atoms with Gasteiger partial charge in [0.15, 0.2) is 5.01 Å². The second-order valence-electron chi connectivity index (χ2n) is 6.60. The second-order valence-corrected chi connectivity index (χ2v) is 8.47. The summed E-state index contributed by atoms with van der Waals surface area (Å²) in [6, 6.07) is 4.88. The van der Waals surface area contributed by atoms with Crippen molar-refractivity contribution in [1.82, 2.24) is 19.7 Å². The molecule has 3 heterocycles. The summed E-state index contributed by atoms with van der Waals surface area (Å²) < 4.78 is 17.0. The van der Waals surface area contributed by atoms with Gasteiger partial charge in [-0.1, -0.05) is 27.3 Å². The first-order valence-corrected chi connectivity index (χ1v) is 10.2. The topological polar surface area (TPSA) is 46.8 Å². The van der Waals surface area contributed by atoms with Crippen LogP contribution in [0.15, 0.2) is 35.1 Å². The Kier molecular flexibility index (Phi) is 5.04. The van der Waals surface area contributed by atoms with Gasteiger partial charge in [0, 0.05) is 49.0 Å². The van der Waals surface area contributed by atoms with Gasteiger partial charge in [0.1, 0.15) is 11.6 Å². The third-order valence-electron chi connectivity index (χ3n) is 4.85. The Morgan fingerprint density at radius 2 is 2.08 bits per heavy atom. The number of piperidine rings is 1. The minimum Gasteiger partial charge on any atom is -0.347 e. The predicted octanol–water partition coefficient (Wildman–Crippen LogP) is 4.30. The molecule has 0 radical (unpaired) electrons. The molecular weight excluding hydrogens is 417 g/mol. The van der Waals surface area contributed by atoms with E-state index in [1.165, 1.54) is 17.4 Å². The fourth-order valence-corrected chi connectivity index (χ4v) is 4.57. The Morgan fingerprint density at radius 3 is 2.81 bits per heavy atom. The lowest BCUT2D eigenvalue weighted by Crippen LogP contribution is -2.34. The normalized spacial score (nSPS) is 15.6. The number of halogens is 2. The zero-order valence-corrected chi connectivity index (χ0v) is 16.8. The van der Waals surface area contributed by atoms with Gasteiger partial charge in [-0.3, -0.25) is 0 Å². The maximum absolute atomic E-state index is 14.1. The van der Waals surface area contributed by atoms with Crippen LogP contribution in [-0.4, -0.2) is 32.8 Å². The third-order valence-corrected chi connectivity index (χ3v) is 6.36. The zero-order valence-electron chi connectivity index (χ0n) is 14.4. The van der Waals surface area contributed by atoms with Crippen LogP contribution >= 0.6 is 27.3 Å². The Balaban J connectivity index is 1.41. The van der Waals surface area contributed by atoms with E-state index in [4.69, 9.17) is 0 Å². The van der Waals surface area contributed by atoms with E-state index in [1.54, 1.807) is 12.1 Å². The predicted molar refractivity (Wildman–Crippen MR) is 105 cm³/mol. The fourth-order valence-electron chi connectivity index (χ4n) is 3.29. The van der Waals surface area contributed by atoms with Crippen LogP contribution in [0.25, 0.3) is 10.6 Å². The Hall–Kier alpha value is -1.80. The molecule has 5 nitrogen and oxygen atoms in total. The van der Waals surface area contributed by atoms with E-state index in [9.17, 15) is 4.39 Å². The molecule has 0 N–H and O–H groups in total. The standard InChI is InChI=1S/C18H19BrFN5S/c1-24-9-6-21-16(24)10-12-4-7-25(8-5-12)18-23-22-17(26-18)14-11-13(19)2-3-15(14)20/h2-3,6,9,11-12H,4-5,7-8,10H2,1H3. The van der Waals surface area contributed by atoms with E-state index < -0.39 is 0 Å². The fraction of sp³-hybridized carbons (Fsp3) is 0.389. The second kappa shape index (κ2) is 7.44. The molecule has 1 saturated heterocycles. The lowest BCUT2D eigenvalue weighted by Gasteiger charge is -2.31. The van der Waals surface area contributed by atoms with Crippen molar-refractivity contribution in [2.45, 2.75) is 19.3 Å². The number of nitrogens with zero attached hydrogens (tertiary/aromatic N) is 5. The average molecular weight is 436 g/mol. The third kappa shape index (κ3) is 3.66. The molecule has 8 heteroatoms. The van der Waals surface area contributed by atoms with Gasteiger partial charge in [-0.25, -0.2) is 9.37 Å². The van der Waals surface area contributed by atoms with Crippen LogP contribution in [0.3, 0.4) is 0 Å². The van der Waals surface area contributed by atoms with Crippen molar-refractivity contribution in [1.29, 1.82) is 0 Å². The highest BCUT2D eigenvalue weighted by molar-refractivity contribution is 9.10. The summed E-state index contributed by atoms with van der Waals surface area (Å²) in [5.74, 6) is 1.51. The van der Waals surface area contributed by atoms with Gasteiger partial charge in [0.25, 0.3) is 0 Å². The molecule has 1 aliphatic heterocycles. The van der Waals surface area contributed by atoms with E-state index in [0.717, 1.165) is 47.8 Å². The maximum Gasteiger partial charge on any atom is 0.208 e.